The molecule has 3 heterocycles. The lowest BCUT2D eigenvalue weighted by Gasteiger charge is -2.25. The Balaban J connectivity index is 1.34. The lowest BCUT2D eigenvalue weighted by Crippen LogP contribution is -2.30. The Morgan fingerprint density at radius 3 is 2.56 bits per heavy atom. The molecule has 1 aromatic rings. The number of ether oxygens (including phenoxy) is 1. The first-order valence-electron chi connectivity index (χ1n) is 10.7. The van der Waals surface area contributed by atoms with Gasteiger partial charge in [-0.3, -0.25) is 4.90 Å². The first-order valence-corrected chi connectivity index (χ1v) is 10.7. The van der Waals surface area contributed by atoms with Crippen molar-refractivity contribution in [2.45, 2.75) is 95.7 Å². The molecule has 1 atom stereocenters. The minimum atomic E-state index is 0.456. The molecule has 5 heteroatoms. The molecule has 0 aromatic carbocycles. The second-order valence-electron chi connectivity index (χ2n) is 8.12. The number of hydrogen-bond donors (Lipinski definition) is 0. The highest BCUT2D eigenvalue weighted by Crippen LogP contribution is 2.32. The van der Waals surface area contributed by atoms with E-state index < -0.39 is 0 Å². The number of fused-ring (bicyclic) bond motifs is 1. The molecule has 3 aliphatic rings. The van der Waals surface area contributed by atoms with Gasteiger partial charge in [0.1, 0.15) is 11.6 Å². The largest absolute Gasteiger partial charge is 0.377 e. The van der Waals surface area contributed by atoms with Gasteiger partial charge in [-0.25, -0.2) is 0 Å². The molecular weight excluding hydrogens is 312 g/mol. The molecule has 0 spiro atoms. The predicted molar refractivity (Wildman–Crippen MR) is 98.6 cm³/mol. The maximum absolute atomic E-state index is 6.24. The van der Waals surface area contributed by atoms with E-state index in [0.29, 0.717) is 12.1 Å². The van der Waals surface area contributed by atoms with Crippen LogP contribution >= 0.6 is 0 Å². The van der Waals surface area contributed by atoms with Gasteiger partial charge in [0.2, 0.25) is 0 Å². The maximum Gasteiger partial charge on any atom is 0.150 e. The van der Waals surface area contributed by atoms with Gasteiger partial charge in [0, 0.05) is 19.5 Å². The van der Waals surface area contributed by atoms with Crippen LogP contribution in [0.15, 0.2) is 0 Å². The summed E-state index contributed by atoms with van der Waals surface area (Å²) < 4.78 is 8.67. The number of nitrogens with zero attached hydrogens (tertiary/aromatic N) is 4. The molecule has 1 saturated carbocycles. The fourth-order valence-corrected chi connectivity index (χ4v) is 4.89. The van der Waals surface area contributed by atoms with Crippen LogP contribution in [0, 0.1) is 0 Å². The summed E-state index contributed by atoms with van der Waals surface area (Å²) in [4.78, 5) is 2.60. The van der Waals surface area contributed by atoms with Crippen molar-refractivity contribution in [3.63, 3.8) is 0 Å². The lowest BCUT2D eigenvalue weighted by atomic mass is 10.1. The molecule has 1 aliphatic carbocycles. The zero-order chi connectivity index (χ0) is 16.9. The standard InChI is InChI=1S/C20H34N4O/c1-2-5-10-17(9-4-1)25-16-15-23-13-8-11-18(23)20-22-21-19-12-6-3-7-14-24(19)20/h17-18H,1-16H2. The number of aromatic nitrogens is 3. The highest BCUT2D eigenvalue weighted by Gasteiger charge is 2.31. The molecule has 25 heavy (non-hydrogen) atoms. The van der Waals surface area contributed by atoms with E-state index in [9.17, 15) is 0 Å². The molecule has 4 rings (SSSR count). The van der Waals surface area contributed by atoms with Crippen LogP contribution in [0.3, 0.4) is 0 Å². The second-order valence-corrected chi connectivity index (χ2v) is 8.12. The van der Waals surface area contributed by atoms with Crippen molar-refractivity contribution in [1.29, 1.82) is 0 Å². The number of aryl methyl sites for hydroxylation is 1. The summed E-state index contributed by atoms with van der Waals surface area (Å²) in [6.07, 6.45) is 16.0. The van der Waals surface area contributed by atoms with Gasteiger partial charge in [0.25, 0.3) is 0 Å². The minimum absolute atomic E-state index is 0.456. The predicted octanol–water partition coefficient (Wildman–Crippen LogP) is 3.88. The van der Waals surface area contributed by atoms with E-state index in [2.05, 4.69) is 19.7 Å². The first kappa shape index (κ1) is 17.5. The molecule has 5 nitrogen and oxygen atoms in total. The van der Waals surface area contributed by atoms with Crippen molar-refractivity contribution in [3.8, 4) is 0 Å². The second kappa shape index (κ2) is 8.63. The van der Waals surface area contributed by atoms with Gasteiger partial charge < -0.3 is 9.30 Å². The van der Waals surface area contributed by atoms with E-state index in [-0.39, 0.29) is 0 Å². The first-order chi connectivity index (χ1) is 12.4. The van der Waals surface area contributed by atoms with Gasteiger partial charge in [-0.05, 0) is 45.1 Å². The third-order valence-corrected chi connectivity index (χ3v) is 6.33. The average Bonchev–Trinajstić information content (AvgIpc) is 3.05. The summed E-state index contributed by atoms with van der Waals surface area (Å²) in [6.45, 7) is 4.22. The Bertz CT molecular complexity index is 536. The Hall–Kier alpha value is -0.940. The van der Waals surface area contributed by atoms with Gasteiger partial charge >= 0.3 is 0 Å². The van der Waals surface area contributed by atoms with Gasteiger partial charge in [0.05, 0.1) is 18.8 Å². The van der Waals surface area contributed by atoms with E-state index in [1.165, 1.54) is 88.8 Å². The fraction of sp³-hybridized carbons (Fsp3) is 0.900. The molecular formula is C20H34N4O. The average molecular weight is 347 g/mol. The molecule has 140 valence electrons. The molecule has 0 amide bonds. The SMILES string of the molecule is C1CCCC(OCCN2CCCC2c2nnc3n2CCCCC3)CC1. The van der Waals surface area contributed by atoms with Crippen molar-refractivity contribution in [1.82, 2.24) is 19.7 Å². The van der Waals surface area contributed by atoms with Gasteiger partial charge in [-0.15, -0.1) is 10.2 Å². The highest BCUT2D eigenvalue weighted by molar-refractivity contribution is 5.05. The monoisotopic (exact) mass is 346 g/mol. The minimum Gasteiger partial charge on any atom is -0.377 e. The quantitative estimate of drug-likeness (QED) is 0.759. The van der Waals surface area contributed by atoms with Crippen LogP contribution in [-0.4, -0.2) is 45.5 Å². The third kappa shape index (κ3) is 4.25. The molecule has 2 fully saturated rings. The van der Waals surface area contributed by atoms with Gasteiger partial charge in [-0.1, -0.05) is 32.1 Å². The van der Waals surface area contributed by atoms with E-state index in [1.54, 1.807) is 0 Å². The van der Waals surface area contributed by atoms with Crippen LogP contribution in [0.5, 0.6) is 0 Å². The van der Waals surface area contributed by atoms with E-state index in [1.807, 2.05) is 0 Å². The van der Waals surface area contributed by atoms with Gasteiger partial charge in [-0.2, -0.15) is 0 Å². The van der Waals surface area contributed by atoms with Crippen LogP contribution in [-0.2, 0) is 17.7 Å². The van der Waals surface area contributed by atoms with Crippen molar-refractivity contribution < 1.29 is 4.74 Å². The Morgan fingerprint density at radius 1 is 0.840 bits per heavy atom. The van der Waals surface area contributed by atoms with E-state index in [0.717, 1.165) is 26.1 Å². The van der Waals surface area contributed by atoms with Crippen LogP contribution in [0.25, 0.3) is 0 Å². The summed E-state index contributed by atoms with van der Waals surface area (Å²) in [5.41, 5.74) is 0. The van der Waals surface area contributed by atoms with E-state index in [4.69, 9.17) is 4.74 Å². The number of rotatable bonds is 5. The molecule has 0 radical (unpaired) electrons. The number of hydrogen-bond acceptors (Lipinski definition) is 4. The summed E-state index contributed by atoms with van der Waals surface area (Å²) in [5, 5.41) is 9.13. The summed E-state index contributed by atoms with van der Waals surface area (Å²) in [6, 6.07) is 0.456. The van der Waals surface area contributed by atoms with Gasteiger partial charge in [0.15, 0.2) is 0 Å². The van der Waals surface area contributed by atoms with Crippen LogP contribution < -0.4 is 0 Å². The van der Waals surface area contributed by atoms with E-state index >= 15 is 0 Å². The smallest absolute Gasteiger partial charge is 0.150 e. The molecule has 0 bridgehead atoms. The Morgan fingerprint density at radius 2 is 1.68 bits per heavy atom. The van der Waals surface area contributed by atoms with Crippen molar-refractivity contribution in [2.24, 2.45) is 0 Å². The summed E-state index contributed by atoms with van der Waals surface area (Å²) >= 11 is 0. The summed E-state index contributed by atoms with van der Waals surface area (Å²) in [7, 11) is 0. The van der Waals surface area contributed by atoms with Crippen molar-refractivity contribution >= 4 is 0 Å². The van der Waals surface area contributed by atoms with Crippen molar-refractivity contribution in [2.75, 3.05) is 19.7 Å². The zero-order valence-corrected chi connectivity index (χ0v) is 15.7. The summed E-state index contributed by atoms with van der Waals surface area (Å²) in [5.74, 6) is 2.44. The molecule has 1 unspecified atom stereocenters. The van der Waals surface area contributed by atoms with Crippen LogP contribution in [0.2, 0.25) is 0 Å². The maximum atomic E-state index is 6.24. The fourth-order valence-electron chi connectivity index (χ4n) is 4.89. The highest BCUT2D eigenvalue weighted by atomic mass is 16.5. The molecule has 0 N–H and O–H groups in total. The normalized spacial score (nSPS) is 26.3. The molecule has 1 saturated heterocycles. The topological polar surface area (TPSA) is 43.2 Å². The lowest BCUT2D eigenvalue weighted by molar-refractivity contribution is 0.0262. The molecule has 2 aliphatic heterocycles. The van der Waals surface area contributed by atoms with Crippen LogP contribution in [0.1, 0.15) is 88.3 Å². The van der Waals surface area contributed by atoms with Crippen LogP contribution in [0.4, 0.5) is 0 Å². The number of likely N-dealkylation sites (tertiary alicyclic amines) is 1. The van der Waals surface area contributed by atoms with Crippen molar-refractivity contribution in [3.05, 3.63) is 11.6 Å². The Kier molecular flexibility index (Phi) is 6.03. The zero-order valence-electron chi connectivity index (χ0n) is 15.7. The Labute approximate surface area is 152 Å². The molecule has 1 aromatic heterocycles. The third-order valence-electron chi connectivity index (χ3n) is 6.33.